The third-order valence-corrected chi connectivity index (χ3v) is 1.62. The van der Waals surface area contributed by atoms with Crippen molar-refractivity contribution in [2.75, 3.05) is 26.1 Å². The number of aromatic amines is 1. The minimum absolute atomic E-state index is 0.282. The van der Waals surface area contributed by atoms with E-state index in [1.807, 2.05) is 4.98 Å². The first-order valence-electron chi connectivity index (χ1n) is 4.73. The molecule has 1 fully saturated rings. The number of H-pyrrole nitrogens is 1. The first-order valence-corrected chi connectivity index (χ1v) is 4.73. The summed E-state index contributed by atoms with van der Waals surface area (Å²) < 4.78 is 17.1. The molecule has 1 aliphatic heterocycles. The molecule has 1 aromatic rings. The van der Waals surface area contributed by atoms with Gasteiger partial charge in [-0.1, -0.05) is 0 Å². The van der Waals surface area contributed by atoms with Crippen LogP contribution in [0.4, 0.5) is 10.2 Å². The monoisotopic (exact) mass is 233 g/mol. The summed E-state index contributed by atoms with van der Waals surface area (Å²) in [6.45, 7) is 2.00. The summed E-state index contributed by atoms with van der Waals surface area (Å²) in [5.41, 5.74) is 4.31. The Bertz CT molecular complexity index is 331. The standard InChI is InChI=1S/C4H4FN3O.C4H8O.CH4O/c5-2-1-7-4(9)8-3(2)6;1-2-4-5-3-1;1-2/h1H,(H3,6,7,8,9);1-4H2;2H,1H3. The normalized spacial score (nSPS) is 13.2. The van der Waals surface area contributed by atoms with Gasteiger partial charge in [0, 0.05) is 20.3 Å². The highest BCUT2D eigenvalue weighted by atomic mass is 19.1. The molecule has 4 N–H and O–H groups in total. The molecule has 0 unspecified atom stereocenters. The van der Waals surface area contributed by atoms with Gasteiger partial charge in [-0.15, -0.1) is 0 Å². The second-order valence-electron chi connectivity index (χ2n) is 2.77. The Morgan fingerprint density at radius 3 is 2.38 bits per heavy atom. The number of nitrogens with zero attached hydrogens (tertiary/aromatic N) is 1. The van der Waals surface area contributed by atoms with Crippen molar-refractivity contribution >= 4 is 5.82 Å². The van der Waals surface area contributed by atoms with Crippen LogP contribution in [0, 0.1) is 5.82 Å². The Balaban J connectivity index is 0.000000272. The number of ether oxygens (including phenoxy) is 1. The van der Waals surface area contributed by atoms with Gasteiger partial charge in [-0.2, -0.15) is 4.98 Å². The van der Waals surface area contributed by atoms with Crippen molar-refractivity contribution in [1.82, 2.24) is 9.97 Å². The number of anilines is 1. The Morgan fingerprint density at radius 2 is 2.06 bits per heavy atom. The van der Waals surface area contributed by atoms with Crippen LogP contribution in [0.3, 0.4) is 0 Å². The lowest BCUT2D eigenvalue weighted by Gasteiger charge is -1.89. The predicted octanol–water partition coefficient (Wildman–Crippen LogP) is -0.104. The van der Waals surface area contributed by atoms with Crippen molar-refractivity contribution in [2.24, 2.45) is 0 Å². The number of aromatic nitrogens is 2. The number of nitrogens with two attached hydrogens (primary N) is 1. The number of nitrogen functional groups attached to an aromatic ring is 1. The van der Waals surface area contributed by atoms with Gasteiger partial charge < -0.3 is 15.6 Å². The lowest BCUT2D eigenvalue weighted by Crippen LogP contribution is -2.12. The maximum atomic E-state index is 12.1. The largest absolute Gasteiger partial charge is 0.400 e. The molecule has 1 aliphatic rings. The van der Waals surface area contributed by atoms with Crippen LogP contribution < -0.4 is 11.4 Å². The molecule has 7 heteroatoms. The van der Waals surface area contributed by atoms with E-state index in [9.17, 15) is 9.18 Å². The fourth-order valence-electron chi connectivity index (χ4n) is 0.902. The minimum Gasteiger partial charge on any atom is -0.400 e. The molecule has 16 heavy (non-hydrogen) atoms. The average molecular weight is 233 g/mol. The van der Waals surface area contributed by atoms with Gasteiger partial charge in [0.1, 0.15) is 5.82 Å². The summed E-state index contributed by atoms with van der Waals surface area (Å²) in [7, 11) is 1.00. The second kappa shape index (κ2) is 8.81. The van der Waals surface area contributed by atoms with E-state index >= 15 is 0 Å². The zero-order valence-electron chi connectivity index (χ0n) is 9.07. The first-order chi connectivity index (χ1) is 7.70. The molecule has 0 aliphatic carbocycles. The number of rotatable bonds is 0. The number of nitrogens with one attached hydrogen (secondary N) is 1. The molecule has 0 aromatic carbocycles. The molecule has 0 spiro atoms. The van der Waals surface area contributed by atoms with E-state index in [4.69, 9.17) is 15.6 Å². The van der Waals surface area contributed by atoms with Crippen molar-refractivity contribution in [2.45, 2.75) is 12.8 Å². The molecule has 0 atom stereocenters. The third-order valence-electron chi connectivity index (χ3n) is 1.62. The lowest BCUT2D eigenvalue weighted by molar-refractivity contribution is 0.198. The summed E-state index contributed by atoms with van der Waals surface area (Å²) >= 11 is 0. The smallest absolute Gasteiger partial charge is 0.346 e. The number of hydrogen-bond acceptors (Lipinski definition) is 5. The van der Waals surface area contributed by atoms with Gasteiger partial charge in [0.05, 0.1) is 6.20 Å². The van der Waals surface area contributed by atoms with Gasteiger partial charge in [-0.05, 0) is 12.8 Å². The summed E-state index contributed by atoms with van der Waals surface area (Å²) in [6, 6.07) is 0. The van der Waals surface area contributed by atoms with E-state index in [0.717, 1.165) is 26.5 Å². The van der Waals surface area contributed by atoms with Gasteiger partial charge in [0.2, 0.25) is 0 Å². The molecule has 1 aromatic heterocycles. The zero-order valence-corrected chi connectivity index (χ0v) is 9.07. The number of aliphatic hydroxyl groups is 1. The maximum absolute atomic E-state index is 12.1. The Morgan fingerprint density at radius 1 is 1.50 bits per heavy atom. The molecule has 0 amide bonds. The highest BCUT2D eigenvalue weighted by Crippen LogP contribution is 1.98. The topological polar surface area (TPSA) is 101 Å². The number of aliphatic hydroxyl groups excluding tert-OH is 1. The van der Waals surface area contributed by atoms with Crippen molar-refractivity contribution in [3.8, 4) is 0 Å². The molecule has 92 valence electrons. The molecule has 1 saturated heterocycles. The molecule has 2 heterocycles. The number of halogens is 1. The van der Waals surface area contributed by atoms with Crippen molar-refractivity contribution in [3.05, 3.63) is 22.5 Å². The van der Waals surface area contributed by atoms with Gasteiger partial charge >= 0.3 is 5.69 Å². The van der Waals surface area contributed by atoms with E-state index in [0.29, 0.717) is 0 Å². The van der Waals surface area contributed by atoms with Crippen LogP contribution in [-0.4, -0.2) is 35.4 Å². The fraction of sp³-hybridized carbons (Fsp3) is 0.556. The Labute approximate surface area is 92.3 Å². The molecule has 0 saturated carbocycles. The highest BCUT2D eigenvalue weighted by molar-refractivity contribution is 5.25. The quantitative estimate of drug-likeness (QED) is 0.580. The van der Waals surface area contributed by atoms with Crippen molar-refractivity contribution in [3.63, 3.8) is 0 Å². The van der Waals surface area contributed by atoms with E-state index in [1.165, 1.54) is 12.8 Å². The first kappa shape index (κ1) is 14.5. The molecule has 0 bridgehead atoms. The van der Waals surface area contributed by atoms with Gasteiger partial charge in [-0.3, -0.25) is 4.98 Å². The zero-order chi connectivity index (χ0) is 12.4. The van der Waals surface area contributed by atoms with Gasteiger partial charge in [0.25, 0.3) is 0 Å². The maximum Gasteiger partial charge on any atom is 0.346 e. The average Bonchev–Trinajstić information content (AvgIpc) is 2.85. The number of hydrogen-bond donors (Lipinski definition) is 3. The third kappa shape index (κ3) is 6.10. The lowest BCUT2D eigenvalue weighted by atomic mass is 10.4. The van der Waals surface area contributed by atoms with Crippen LogP contribution in [0.2, 0.25) is 0 Å². The van der Waals surface area contributed by atoms with E-state index in [-0.39, 0.29) is 5.82 Å². The van der Waals surface area contributed by atoms with Crippen LogP contribution in [-0.2, 0) is 4.74 Å². The predicted molar refractivity (Wildman–Crippen MR) is 57.4 cm³/mol. The van der Waals surface area contributed by atoms with E-state index in [1.54, 1.807) is 0 Å². The summed E-state index contributed by atoms with van der Waals surface area (Å²) in [5.74, 6) is -0.996. The summed E-state index contributed by atoms with van der Waals surface area (Å²) in [4.78, 5) is 15.3. The van der Waals surface area contributed by atoms with Crippen molar-refractivity contribution < 1.29 is 14.2 Å². The summed E-state index contributed by atoms with van der Waals surface area (Å²) in [5, 5.41) is 7.00. The SMILES string of the molecule is C1CCOC1.CO.Nc1[nH]c(=O)ncc1F. The fourth-order valence-corrected chi connectivity index (χ4v) is 0.902. The van der Waals surface area contributed by atoms with Crippen LogP contribution in [0.25, 0.3) is 0 Å². The molecular weight excluding hydrogens is 217 g/mol. The van der Waals surface area contributed by atoms with Crippen LogP contribution in [0.5, 0.6) is 0 Å². The van der Waals surface area contributed by atoms with Gasteiger partial charge in [0.15, 0.2) is 5.82 Å². The summed E-state index contributed by atoms with van der Waals surface area (Å²) in [6.07, 6.45) is 3.33. The van der Waals surface area contributed by atoms with Crippen molar-refractivity contribution in [1.29, 1.82) is 0 Å². The highest BCUT2D eigenvalue weighted by Gasteiger charge is 1.95. The van der Waals surface area contributed by atoms with E-state index in [2.05, 4.69) is 4.98 Å². The van der Waals surface area contributed by atoms with Crippen LogP contribution in [0.15, 0.2) is 11.0 Å². The van der Waals surface area contributed by atoms with Crippen LogP contribution in [0.1, 0.15) is 12.8 Å². The Hall–Kier alpha value is -1.47. The molecule has 0 radical (unpaired) electrons. The molecule has 6 nitrogen and oxygen atoms in total. The Kier molecular flexibility index (Phi) is 8.00. The second-order valence-corrected chi connectivity index (χ2v) is 2.77. The van der Waals surface area contributed by atoms with Gasteiger partial charge in [-0.25, -0.2) is 9.18 Å². The minimum atomic E-state index is -0.713. The van der Waals surface area contributed by atoms with E-state index < -0.39 is 11.5 Å². The van der Waals surface area contributed by atoms with Crippen LogP contribution >= 0.6 is 0 Å². The molecular formula is C9H16FN3O3. The molecule has 2 rings (SSSR count).